The maximum Gasteiger partial charge on any atom is 0.238 e. The zero-order valence-electron chi connectivity index (χ0n) is 13.8. The summed E-state index contributed by atoms with van der Waals surface area (Å²) in [6.07, 6.45) is 3.46. The molecule has 0 saturated heterocycles. The van der Waals surface area contributed by atoms with E-state index in [2.05, 4.69) is 15.1 Å². The van der Waals surface area contributed by atoms with Crippen LogP contribution >= 0.6 is 0 Å². The normalized spacial score (nSPS) is 11.9. The minimum atomic E-state index is -3.70. The lowest BCUT2D eigenvalue weighted by atomic mass is 10.2. The van der Waals surface area contributed by atoms with Gasteiger partial charge in [-0.3, -0.25) is 4.68 Å². The van der Waals surface area contributed by atoms with E-state index in [0.29, 0.717) is 18.1 Å². The second-order valence-corrected chi connectivity index (χ2v) is 7.34. The van der Waals surface area contributed by atoms with Crippen LogP contribution in [0.15, 0.2) is 53.7 Å². The maximum atomic E-state index is 11.4. The molecular formula is C17H15N5O3S. The van der Waals surface area contributed by atoms with Gasteiger partial charge < -0.3 is 4.74 Å². The molecule has 0 bridgehead atoms. The number of pyridine rings is 2. The van der Waals surface area contributed by atoms with Gasteiger partial charge in [-0.15, -0.1) is 0 Å². The number of nitrogens with zero attached hydrogens (tertiary/aromatic N) is 4. The SMILES string of the molecule is COc1ccc2c(ncc3cnn(Cc4ccc(S(N)(=O)=O)cc4)c32)n1. The molecule has 8 nitrogen and oxygen atoms in total. The predicted octanol–water partition coefficient (Wildman–Crippen LogP) is 1.68. The Hall–Kier alpha value is -3.04. The van der Waals surface area contributed by atoms with Gasteiger partial charge in [0.15, 0.2) is 5.65 Å². The van der Waals surface area contributed by atoms with Crippen molar-refractivity contribution in [2.24, 2.45) is 5.14 Å². The molecule has 0 aliphatic heterocycles. The number of benzene rings is 1. The van der Waals surface area contributed by atoms with Crippen LogP contribution in [0.3, 0.4) is 0 Å². The van der Waals surface area contributed by atoms with Crippen molar-refractivity contribution in [3.8, 4) is 5.88 Å². The molecule has 1 aromatic carbocycles. The molecule has 132 valence electrons. The van der Waals surface area contributed by atoms with Gasteiger partial charge in [0, 0.05) is 23.0 Å². The highest BCUT2D eigenvalue weighted by Gasteiger charge is 2.12. The highest BCUT2D eigenvalue weighted by atomic mass is 32.2. The van der Waals surface area contributed by atoms with Crippen LogP contribution in [0.2, 0.25) is 0 Å². The molecule has 2 N–H and O–H groups in total. The molecule has 3 aromatic heterocycles. The van der Waals surface area contributed by atoms with Gasteiger partial charge >= 0.3 is 0 Å². The third kappa shape index (κ3) is 2.87. The average molecular weight is 369 g/mol. The third-order valence-corrected chi connectivity index (χ3v) is 5.02. The summed E-state index contributed by atoms with van der Waals surface area (Å²) >= 11 is 0. The molecule has 26 heavy (non-hydrogen) atoms. The van der Waals surface area contributed by atoms with Gasteiger partial charge in [-0.1, -0.05) is 12.1 Å². The summed E-state index contributed by atoms with van der Waals surface area (Å²) in [4.78, 5) is 8.79. The van der Waals surface area contributed by atoms with E-state index in [9.17, 15) is 8.42 Å². The van der Waals surface area contributed by atoms with Gasteiger partial charge in [-0.05, 0) is 23.8 Å². The molecule has 0 unspecified atom stereocenters. The first-order valence-corrected chi connectivity index (χ1v) is 9.27. The number of ether oxygens (including phenoxy) is 1. The molecule has 9 heteroatoms. The van der Waals surface area contributed by atoms with Crippen molar-refractivity contribution in [3.05, 3.63) is 54.4 Å². The van der Waals surface area contributed by atoms with Crippen molar-refractivity contribution in [2.75, 3.05) is 7.11 Å². The molecule has 0 fully saturated rings. The fraction of sp³-hybridized carbons (Fsp3) is 0.118. The summed E-state index contributed by atoms with van der Waals surface area (Å²) in [5.74, 6) is 0.494. The summed E-state index contributed by atoms with van der Waals surface area (Å²) in [6.45, 7) is 0.472. The summed E-state index contributed by atoms with van der Waals surface area (Å²) < 4.78 is 29.7. The van der Waals surface area contributed by atoms with E-state index in [1.807, 2.05) is 10.7 Å². The third-order valence-electron chi connectivity index (χ3n) is 4.09. The summed E-state index contributed by atoms with van der Waals surface area (Å²) in [5.41, 5.74) is 2.37. The lowest BCUT2D eigenvalue weighted by molar-refractivity contribution is 0.399. The van der Waals surface area contributed by atoms with Crippen LogP contribution in [0.5, 0.6) is 5.88 Å². The fourth-order valence-electron chi connectivity index (χ4n) is 2.82. The highest BCUT2D eigenvalue weighted by Crippen LogP contribution is 2.25. The van der Waals surface area contributed by atoms with Gasteiger partial charge in [-0.25, -0.2) is 18.5 Å². The minimum Gasteiger partial charge on any atom is -0.481 e. The van der Waals surface area contributed by atoms with Gasteiger partial charge in [-0.2, -0.15) is 10.1 Å². The van der Waals surface area contributed by atoms with E-state index in [1.165, 1.54) is 12.1 Å². The summed E-state index contributed by atoms with van der Waals surface area (Å²) in [7, 11) is -2.14. The second kappa shape index (κ2) is 6.04. The Labute approximate surface area is 149 Å². The Balaban J connectivity index is 1.78. The summed E-state index contributed by atoms with van der Waals surface area (Å²) in [5, 5.41) is 11.3. The van der Waals surface area contributed by atoms with Crippen LogP contribution in [-0.4, -0.2) is 35.3 Å². The molecule has 0 atom stereocenters. The van der Waals surface area contributed by atoms with E-state index < -0.39 is 10.0 Å². The Morgan fingerprint density at radius 3 is 2.58 bits per heavy atom. The number of primary sulfonamides is 1. The molecule has 0 aliphatic carbocycles. The number of hydrogen-bond acceptors (Lipinski definition) is 6. The van der Waals surface area contributed by atoms with Crippen molar-refractivity contribution in [1.82, 2.24) is 19.7 Å². The molecule has 0 radical (unpaired) electrons. The molecule has 0 amide bonds. The second-order valence-electron chi connectivity index (χ2n) is 5.78. The Morgan fingerprint density at radius 1 is 1.12 bits per heavy atom. The first kappa shape index (κ1) is 16.4. The number of nitrogens with two attached hydrogens (primary N) is 1. The van der Waals surface area contributed by atoms with Gasteiger partial charge in [0.2, 0.25) is 15.9 Å². The number of aromatic nitrogens is 4. The lowest BCUT2D eigenvalue weighted by Gasteiger charge is -2.07. The van der Waals surface area contributed by atoms with Crippen molar-refractivity contribution < 1.29 is 13.2 Å². The van der Waals surface area contributed by atoms with Crippen molar-refractivity contribution in [1.29, 1.82) is 0 Å². The van der Waals surface area contributed by atoms with Gasteiger partial charge in [0.05, 0.1) is 30.3 Å². The molecular weight excluding hydrogens is 354 g/mol. The number of hydrogen-bond donors (Lipinski definition) is 1. The number of fused-ring (bicyclic) bond motifs is 3. The standard InChI is InChI=1S/C17H15N5O3S/c1-25-15-7-6-14-16-12(8-19-17(14)21-15)9-20-22(16)10-11-2-4-13(5-3-11)26(18,23)24/h2-9H,10H2,1H3,(H2,18,23,24). The predicted molar refractivity (Wildman–Crippen MR) is 96.3 cm³/mol. The summed E-state index contributed by atoms with van der Waals surface area (Å²) in [6, 6.07) is 10.1. The van der Waals surface area contributed by atoms with Crippen LogP contribution in [0.25, 0.3) is 21.9 Å². The number of sulfonamides is 1. The Bertz CT molecular complexity index is 1220. The topological polar surface area (TPSA) is 113 Å². The molecule has 0 saturated carbocycles. The molecule has 4 rings (SSSR count). The van der Waals surface area contributed by atoms with Gasteiger partial charge in [0.25, 0.3) is 0 Å². The fourth-order valence-corrected chi connectivity index (χ4v) is 3.34. The van der Waals surface area contributed by atoms with Crippen LogP contribution in [0.4, 0.5) is 0 Å². The monoisotopic (exact) mass is 369 g/mol. The minimum absolute atomic E-state index is 0.0810. The molecule has 0 spiro atoms. The number of rotatable bonds is 4. The average Bonchev–Trinajstić information content (AvgIpc) is 3.04. The van der Waals surface area contributed by atoms with Crippen LogP contribution < -0.4 is 9.88 Å². The smallest absolute Gasteiger partial charge is 0.238 e. The van der Waals surface area contributed by atoms with Crippen LogP contribution in [0.1, 0.15) is 5.56 Å². The Morgan fingerprint density at radius 2 is 1.88 bits per heavy atom. The van der Waals surface area contributed by atoms with E-state index in [0.717, 1.165) is 21.9 Å². The van der Waals surface area contributed by atoms with Crippen molar-refractivity contribution in [3.63, 3.8) is 0 Å². The van der Waals surface area contributed by atoms with E-state index >= 15 is 0 Å². The van der Waals surface area contributed by atoms with Crippen LogP contribution in [-0.2, 0) is 16.6 Å². The molecule has 0 aliphatic rings. The van der Waals surface area contributed by atoms with Gasteiger partial charge in [0.1, 0.15) is 0 Å². The van der Waals surface area contributed by atoms with E-state index in [1.54, 1.807) is 37.7 Å². The zero-order valence-corrected chi connectivity index (χ0v) is 14.6. The molecule has 4 aromatic rings. The van der Waals surface area contributed by atoms with Crippen LogP contribution in [0, 0.1) is 0 Å². The molecule has 3 heterocycles. The first-order chi connectivity index (χ1) is 12.5. The maximum absolute atomic E-state index is 11.4. The number of methoxy groups -OCH3 is 1. The van der Waals surface area contributed by atoms with E-state index in [-0.39, 0.29) is 4.90 Å². The quantitative estimate of drug-likeness (QED) is 0.586. The van der Waals surface area contributed by atoms with Crippen molar-refractivity contribution in [2.45, 2.75) is 11.4 Å². The zero-order chi connectivity index (χ0) is 18.3. The lowest BCUT2D eigenvalue weighted by Crippen LogP contribution is -2.12. The highest BCUT2D eigenvalue weighted by molar-refractivity contribution is 7.89. The Kier molecular flexibility index (Phi) is 3.82. The first-order valence-electron chi connectivity index (χ1n) is 7.73. The largest absolute Gasteiger partial charge is 0.481 e. The van der Waals surface area contributed by atoms with E-state index in [4.69, 9.17) is 9.88 Å². The van der Waals surface area contributed by atoms with Crippen molar-refractivity contribution >= 4 is 32.0 Å².